The fourth-order valence-corrected chi connectivity index (χ4v) is 2.47. The Bertz CT molecular complexity index is 727. The summed E-state index contributed by atoms with van der Waals surface area (Å²) >= 11 is 4.97. The van der Waals surface area contributed by atoms with E-state index in [1.807, 2.05) is 42.7 Å². The van der Waals surface area contributed by atoms with Crippen molar-refractivity contribution >= 4 is 51.3 Å². The number of carbonyl (C=O) groups is 2. The normalized spacial score (nSPS) is 10.6. The Morgan fingerprint density at radius 2 is 1.79 bits per heavy atom. The van der Waals surface area contributed by atoms with Crippen molar-refractivity contribution in [3.05, 3.63) is 64.6 Å². The molecule has 0 radical (unpaired) electrons. The molecular weight excluding hydrogens is 390 g/mol. The SMILES string of the molecule is CSc1ccc(/C=C/C(=O)OCC(=O)Nc2ccc(Br)cc2)cc1. The average Bonchev–Trinajstić information content (AvgIpc) is 2.60. The molecule has 6 heteroatoms. The smallest absolute Gasteiger partial charge is 0.331 e. The van der Waals surface area contributed by atoms with E-state index in [-0.39, 0.29) is 12.5 Å². The second kappa shape index (κ2) is 9.30. The first kappa shape index (κ1) is 18.3. The molecule has 24 heavy (non-hydrogen) atoms. The van der Waals surface area contributed by atoms with E-state index in [4.69, 9.17) is 4.74 Å². The van der Waals surface area contributed by atoms with Crippen LogP contribution in [0.4, 0.5) is 5.69 Å². The summed E-state index contributed by atoms with van der Waals surface area (Å²) in [6.45, 7) is -0.329. The van der Waals surface area contributed by atoms with Crippen molar-refractivity contribution in [3.8, 4) is 0 Å². The first-order chi connectivity index (χ1) is 11.6. The quantitative estimate of drug-likeness (QED) is 0.440. The Kier molecular flexibility index (Phi) is 7.08. The van der Waals surface area contributed by atoms with Crippen LogP contribution in [-0.4, -0.2) is 24.7 Å². The lowest BCUT2D eigenvalue weighted by Crippen LogP contribution is -2.20. The van der Waals surface area contributed by atoms with Crippen LogP contribution in [0.15, 0.2) is 64.0 Å². The number of ether oxygens (including phenoxy) is 1. The lowest BCUT2D eigenvalue weighted by Gasteiger charge is -2.05. The van der Waals surface area contributed by atoms with Crippen molar-refractivity contribution < 1.29 is 14.3 Å². The zero-order valence-corrected chi connectivity index (χ0v) is 15.4. The van der Waals surface area contributed by atoms with Crippen LogP contribution in [0.3, 0.4) is 0 Å². The van der Waals surface area contributed by atoms with Gasteiger partial charge >= 0.3 is 5.97 Å². The number of nitrogens with one attached hydrogen (secondary N) is 1. The lowest BCUT2D eigenvalue weighted by molar-refractivity contribution is -0.142. The third-order valence-electron chi connectivity index (χ3n) is 3.00. The molecule has 0 aliphatic rings. The van der Waals surface area contributed by atoms with Crippen LogP contribution >= 0.6 is 27.7 Å². The Balaban J connectivity index is 1.78. The van der Waals surface area contributed by atoms with Gasteiger partial charge in [0.25, 0.3) is 5.91 Å². The molecule has 124 valence electrons. The third kappa shape index (κ3) is 6.22. The predicted molar refractivity (Wildman–Crippen MR) is 101 cm³/mol. The molecule has 0 saturated carbocycles. The number of halogens is 1. The van der Waals surface area contributed by atoms with Crippen LogP contribution in [0, 0.1) is 0 Å². The Hall–Kier alpha value is -2.05. The summed E-state index contributed by atoms with van der Waals surface area (Å²) in [6.07, 6.45) is 4.96. The van der Waals surface area contributed by atoms with Gasteiger partial charge < -0.3 is 10.1 Å². The zero-order chi connectivity index (χ0) is 17.4. The molecule has 2 aromatic carbocycles. The van der Waals surface area contributed by atoms with Crippen molar-refractivity contribution in [2.24, 2.45) is 0 Å². The minimum absolute atomic E-state index is 0.329. The van der Waals surface area contributed by atoms with E-state index in [0.717, 1.165) is 14.9 Å². The number of hydrogen-bond donors (Lipinski definition) is 1. The van der Waals surface area contributed by atoms with Gasteiger partial charge in [0.15, 0.2) is 6.61 Å². The maximum Gasteiger partial charge on any atom is 0.331 e. The topological polar surface area (TPSA) is 55.4 Å². The fourth-order valence-electron chi connectivity index (χ4n) is 1.79. The summed E-state index contributed by atoms with van der Waals surface area (Å²) in [5.74, 6) is -0.946. The number of thioether (sulfide) groups is 1. The number of hydrogen-bond acceptors (Lipinski definition) is 4. The number of rotatable bonds is 6. The van der Waals surface area contributed by atoms with Crippen LogP contribution in [0.25, 0.3) is 6.08 Å². The van der Waals surface area contributed by atoms with E-state index in [2.05, 4.69) is 21.2 Å². The first-order valence-corrected chi connectivity index (χ1v) is 9.13. The first-order valence-electron chi connectivity index (χ1n) is 7.11. The van der Waals surface area contributed by atoms with Crippen LogP contribution in [0.1, 0.15) is 5.56 Å². The van der Waals surface area contributed by atoms with Crippen LogP contribution in [-0.2, 0) is 14.3 Å². The van der Waals surface area contributed by atoms with Gasteiger partial charge in [-0.3, -0.25) is 4.79 Å². The molecule has 4 nitrogen and oxygen atoms in total. The van der Waals surface area contributed by atoms with Gasteiger partial charge in [0.05, 0.1) is 0 Å². The summed E-state index contributed by atoms with van der Waals surface area (Å²) in [5, 5.41) is 2.65. The highest BCUT2D eigenvalue weighted by Gasteiger charge is 2.05. The Morgan fingerprint density at radius 3 is 2.42 bits per heavy atom. The molecule has 2 rings (SSSR count). The molecule has 0 saturated heterocycles. The van der Waals surface area contributed by atoms with Crippen molar-refractivity contribution in [2.45, 2.75) is 4.90 Å². The van der Waals surface area contributed by atoms with Gasteiger partial charge in [0.2, 0.25) is 0 Å². The van der Waals surface area contributed by atoms with Crippen molar-refractivity contribution in [1.29, 1.82) is 0 Å². The number of carbonyl (C=O) groups excluding carboxylic acids is 2. The van der Waals surface area contributed by atoms with Crippen LogP contribution in [0.5, 0.6) is 0 Å². The average molecular weight is 406 g/mol. The Labute approximate surface area is 153 Å². The second-order valence-electron chi connectivity index (χ2n) is 4.77. The molecule has 0 fully saturated rings. The summed E-state index contributed by atoms with van der Waals surface area (Å²) < 4.78 is 5.83. The minimum atomic E-state index is -0.560. The van der Waals surface area contributed by atoms with Crippen LogP contribution in [0.2, 0.25) is 0 Å². The molecule has 0 aliphatic carbocycles. The molecular formula is C18H16BrNO3S. The van der Waals surface area contributed by atoms with Gasteiger partial charge in [0.1, 0.15) is 0 Å². The molecule has 2 aromatic rings. The summed E-state index contributed by atoms with van der Waals surface area (Å²) in [6, 6.07) is 14.9. The van der Waals surface area contributed by atoms with Crippen molar-refractivity contribution in [3.63, 3.8) is 0 Å². The molecule has 0 unspecified atom stereocenters. The second-order valence-corrected chi connectivity index (χ2v) is 6.56. The lowest BCUT2D eigenvalue weighted by atomic mass is 10.2. The molecule has 1 N–H and O–H groups in total. The largest absolute Gasteiger partial charge is 0.452 e. The monoisotopic (exact) mass is 405 g/mol. The molecule has 0 aliphatic heterocycles. The summed E-state index contributed by atoms with van der Waals surface area (Å²) in [5.41, 5.74) is 1.53. The number of benzene rings is 2. The van der Waals surface area contributed by atoms with E-state index < -0.39 is 5.97 Å². The maximum absolute atomic E-state index is 11.7. The summed E-state index contributed by atoms with van der Waals surface area (Å²) in [7, 11) is 0. The molecule has 0 heterocycles. The maximum atomic E-state index is 11.7. The number of anilines is 1. The van der Waals surface area contributed by atoms with Gasteiger partial charge in [0, 0.05) is 21.1 Å². The standard InChI is InChI=1S/C18H16BrNO3S/c1-24-16-9-2-13(3-10-16)4-11-18(22)23-12-17(21)20-15-7-5-14(19)6-8-15/h2-11H,12H2,1H3,(H,20,21)/b11-4+. The molecule has 1 amide bonds. The van der Waals surface area contributed by atoms with Crippen molar-refractivity contribution in [2.75, 3.05) is 18.2 Å². The molecule has 0 aromatic heterocycles. The van der Waals surface area contributed by atoms with Gasteiger partial charge in [-0.2, -0.15) is 0 Å². The van der Waals surface area contributed by atoms with E-state index in [0.29, 0.717) is 5.69 Å². The summed E-state index contributed by atoms with van der Waals surface area (Å²) in [4.78, 5) is 24.5. The fraction of sp³-hybridized carbons (Fsp3) is 0.111. The van der Waals surface area contributed by atoms with E-state index in [1.165, 1.54) is 6.08 Å². The van der Waals surface area contributed by atoms with Gasteiger partial charge in [-0.05, 0) is 54.3 Å². The highest BCUT2D eigenvalue weighted by atomic mass is 79.9. The van der Waals surface area contributed by atoms with E-state index >= 15 is 0 Å². The highest BCUT2D eigenvalue weighted by molar-refractivity contribution is 9.10. The molecule has 0 atom stereocenters. The minimum Gasteiger partial charge on any atom is -0.452 e. The number of esters is 1. The molecule has 0 bridgehead atoms. The van der Waals surface area contributed by atoms with Gasteiger partial charge in [-0.15, -0.1) is 11.8 Å². The van der Waals surface area contributed by atoms with Gasteiger partial charge in [-0.25, -0.2) is 4.79 Å². The Morgan fingerprint density at radius 1 is 1.12 bits per heavy atom. The zero-order valence-electron chi connectivity index (χ0n) is 13.0. The van der Waals surface area contributed by atoms with Gasteiger partial charge in [-0.1, -0.05) is 28.1 Å². The van der Waals surface area contributed by atoms with E-state index in [9.17, 15) is 9.59 Å². The van der Waals surface area contributed by atoms with E-state index in [1.54, 1.807) is 30.0 Å². The number of amides is 1. The van der Waals surface area contributed by atoms with Crippen LogP contribution < -0.4 is 5.32 Å². The molecule has 0 spiro atoms. The predicted octanol–water partition coefficient (Wildman–Crippen LogP) is 4.37. The van der Waals surface area contributed by atoms with Crippen molar-refractivity contribution in [1.82, 2.24) is 0 Å². The third-order valence-corrected chi connectivity index (χ3v) is 4.27. The highest BCUT2D eigenvalue weighted by Crippen LogP contribution is 2.15.